The van der Waals surface area contributed by atoms with E-state index in [9.17, 15) is 4.79 Å². The van der Waals surface area contributed by atoms with Crippen LogP contribution in [0.1, 0.15) is 83.1 Å². The van der Waals surface area contributed by atoms with Crippen LogP contribution in [0.25, 0.3) is 11.0 Å². The van der Waals surface area contributed by atoms with Gasteiger partial charge in [-0.2, -0.15) is 0 Å². The summed E-state index contributed by atoms with van der Waals surface area (Å²) in [7, 11) is 0. The molecule has 6 rings (SSSR count). The molecule has 0 spiro atoms. The van der Waals surface area contributed by atoms with Crippen LogP contribution < -0.4 is 0 Å². The van der Waals surface area contributed by atoms with E-state index in [1.807, 2.05) is 32.5 Å². The Morgan fingerprint density at radius 1 is 1.00 bits per heavy atom. The number of thioether (sulfide) groups is 1. The number of likely N-dealkylation sites (tertiary alicyclic amines) is 1. The van der Waals surface area contributed by atoms with Crippen molar-refractivity contribution >= 4 is 28.7 Å². The topological polar surface area (TPSA) is 41.4 Å². The molecule has 1 amide bonds. The van der Waals surface area contributed by atoms with E-state index in [1.54, 1.807) is 0 Å². The summed E-state index contributed by atoms with van der Waals surface area (Å²) < 4.78 is 2.54. The minimum Gasteiger partial charge on any atom is -0.342 e. The molecule has 214 valence electrons. The predicted octanol–water partition coefficient (Wildman–Crippen LogP) is 7.23. The molecule has 2 aromatic carbocycles. The van der Waals surface area contributed by atoms with Crippen molar-refractivity contribution in [2.45, 2.75) is 101 Å². The van der Waals surface area contributed by atoms with Gasteiger partial charge < -0.3 is 9.47 Å². The summed E-state index contributed by atoms with van der Waals surface area (Å²) in [5.41, 5.74) is 3.71. The largest absolute Gasteiger partial charge is 0.342 e. The number of aromatic nitrogens is 2. The molecule has 0 saturated carbocycles. The number of amides is 1. The van der Waals surface area contributed by atoms with E-state index < -0.39 is 0 Å². The molecule has 3 aliphatic rings. The number of piperidine rings is 2. The van der Waals surface area contributed by atoms with Gasteiger partial charge in [-0.25, -0.2) is 4.98 Å². The molecule has 2 unspecified atom stereocenters. The van der Waals surface area contributed by atoms with Crippen molar-refractivity contribution in [1.29, 1.82) is 0 Å². The van der Waals surface area contributed by atoms with Crippen LogP contribution in [0.5, 0.6) is 0 Å². The van der Waals surface area contributed by atoms with Crippen molar-refractivity contribution in [2.24, 2.45) is 5.41 Å². The van der Waals surface area contributed by atoms with Crippen molar-refractivity contribution in [3.63, 3.8) is 0 Å². The lowest BCUT2D eigenvalue weighted by molar-refractivity contribution is -0.141. The van der Waals surface area contributed by atoms with Gasteiger partial charge in [0.05, 0.1) is 11.0 Å². The number of nitrogens with zero attached hydrogens (tertiary/aromatic N) is 4. The van der Waals surface area contributed by atoms with E-state index in [1.165, 1.54) is 48.1 Å². The standard InChI is InChI=1S/C34H46N4OS/c1-24-35-30-11-6-7-12-31(30)38(24)28-22-26-13-14-27(23-28)37(26)20-17-34(25-9-8-10-29(21-25)40-5)15-18-36(19-16-34)32(39)33(2,3)4/h6-12,21,26-28H,13-20,22-23H2,1-5H3/t26-,27?,28?/m1/s1. The van der Waals surface area contributed by atoms with Gasteiger partial charge in [0.2, 0.25) is 5.91 Å². The Morgan fingerprint density at radius 3 is 2.38 bits per heavy atom. The minimum absolute atomic E-state index is 0.133. The zero-order valence-corrected chi connectivity index (χ0v) is 25.8. The SMILES string of the molecule is CSc1cccc(C2(CCN3C4CC[C@@H]3CC(n3c(C)nc5ccccc53)C4)CCN(C(=O)C(C)(C)C)CC2)c1. The first-order chi connectivity index (χ1) is 19.2. The fourth-order valence-electron chi connectivity index (χ4n) is 8.04. The van der Waals surface area contributed by atoms with E-state index in [2.05, 4.69) is 76.1 Å². The number of carbonyl (C=O) groups excluding carboxylic acids is 1. The Morgan fingerprint density at radius 2 is 1.70 bits per heavy atom. The zero-order valence-electron chi connectivity index (χ0n) is 25.0. The van der Waals surface area contributed by atoms with E-state index in [0.29, 0.717) is 24.0 Å². The van der Waals surface area contributed by atoms with E-state index in [4.69, 9.17) is 4.98 Å². The third-order valence-corrected chi connectivity index (χ3v) is 10.9. The van der Waals surface area contributed by atoms with Gasteiger partial charge in [-0.05, 0) is 99.9 Å². The van der Waals surface area contributed by atoms with Crippen molar-refractivity contribution in [3.8, 4) is 0 Å². The summed E-state index contributed by atoms with van der Waals surface area (Å²) in [4.78, 5) is 24.3. The lowest BCUT2D eigenvalue weighted by atomic mass is 9.70. The highest BCUT2D eigenvalue weighted by atomic mass is 32.2. The van der Waals surface area contributed by atoms with Gasteiger partial charge in [-0.1, -0.05) is 45.0 Å². The monoisotopic (exact) mass is 558 g/mol. The quantitative estimate of drug-likeness (QED) is 0.299. The van der Waals surface area contributed by atoms with Crippen LogP contribution in [0.4, 0.5) is 0 Å². The maximum atomic E-state index is 13.1. The number of hydrogen-bond acceptors (Lipinski definition) is 4. The van der Waals surface area contributed by atoms with Gasteiger partial charge >= 0.3 is 0 Å². The van der Waals surface area contributed by atoms with Gasteiger partial charge in [-0.3, -0.25) is 9.69 Å². The van der Waals surface area contributed by atoms with Crippen LogP contribution in [0.15, 0.2) is 53.4 Å². The third kappa shape index (κ3) is 5.11. The zero-order chi connectivity index (χ0) is 28.1. The van der Waals surface area contributed by atoms with Crippen molar-refractivity contribution in [3.05, 3.63) is 59.9 Å². The number of para-hydroxylation sites is 2. The van der Waals surface area contributed by atoms with E-state index >= 15 is 0 Å². The van der Waals surface area contributed by atoms with E-state index in [-0.39, 0.29) is 10.8 Å². The minimum atomic E-state index is -0.318. The number of hydrogen-bond donors (Lipinski definition) is 0. The molecule has 0 radical (unpaired) electrons. The Balaban J connectivity index is 1.20. The lowest BCUT2D eigenvalue weighted by Gasteiger charge is -2.46. The molecule has 3 aliphatic heterocycles. The fourth-order valence-corrected chi connectivity index (χ4v) is 8.50. The van der Waals surface area contributed by atoms with Crippen LogP contribution in [-0.2, 0) is 10.2 Å². The van der Waals surface area contributed by atoms with Crippen molar-refractivity contribution < 1.29 is 4.79 Å². The molecule has 40 heavy (non-hydrogen) atoms. The molecular formula is C34H46N4OS. The normalized spacial score (nSPS) is 25.0. The van der Waals surface area contributed by atoms with Crippen LogP contribution in [0, 0.1) is 12.3 Å². The van der Waals surface area contributed by atoms with Gasteiger partial charge in [0, 0.05) is 41.5 Å². The highest BCUT2D eigenvalue weighted by molar-refractivity contribution is 7.98. The van der Waals surface area contributed by atoms with Gasteiger partial charge in [0.25, 0.3) is 0 Å². The maximum absolute atomic E-state index is 13.1. The van der Waals surface area contributed by atoms with Crippen LogP contribution in [-0.4, -0.2) is 63.2 Å². The number of fused-ring (bicyclic) bond motifs is 3. The highest BCUT2D eigenvalue weighted by Crippen LogP contribution is 2.45. The number of rotatable bonds is 6. The summed E-state index contributed by atoms with van der Waals surface area (Å²) in [5, 5.41) is 0. The molecule has 3 fully saturated rings. The predicted molar refractivity (Wildman–Crippen MR) is 166 cm³/mol. The molecule has 3 atom stereocenters. The second-order valence-electron chi connectivity index (χ2n) is 13.6. The summed E-state index contributed by atoms with van der Waals surface area (Å²) in [6.07, 6.45) is 10.5. The maximum Gasteiger partial charge on any atom is 0.227 e. The van der Waals surface area contributed by atoms with Crippen molar-refractivity contribution in [1.82, 2.24) is 19.4 Å². The second kappa shape index (κ2) is 10.8. The van der Waals surface area contributed by atoms with Crippen LogP contribution in [0.2, 0.25) is 0 Å². The number of benzene rings is 2. The van der Waals surface area contributed by atoms with Crippen LogP contribution >= 0.6 is 11.8 Å². The van der Waals surface area contributed by atoms with Crippen molar-refractivity contribution in [2.75, 3.05) is 25.9 Å². The molecule has 4 heterocycles. The van der Waals surface area contributed by atoms with E-state index in [0.717, 1.165) is 43.8 Å². The molecule has 6 heteroatoms. The van der Waals surface area contributed by atoms with Gasteiger partial charge in [0.15, 0.2) is 0 Å². The average Bonchev–Trinajstić information content (AvgIpc) is 3.41. The molecule has 5 nitrogen and oxygen atoms in total. The lowest BCUT2D eigenvalue weighted by Crippen LogP contribution is -2.50. The second-order valence-corrected chi connectivity index (χ2v) is 14.4. The summed E-state index contributed by atoms with van der Waals surface area (Å²) in [5.74, 6) is 1.45. The first kappa shape index (κ1) is 27.8. The molecular weight excluding hydrogens is 512 g/mol. The summed E-state index contributed by atoms with van der Waals surface area (Å²) >= 11 is 1.83. The number of aryl methyl sites for hydroxylation is 1. The average molecular weight is 559 g/mol. The third-order valence-electron chi connectivity index (χ3n) is 10.2. The first-order valence-electron chi connectivity index (χ1n) is 15.3. The first-order valence-corrected chi connectivity index (χ1v) is 16.5. The Hall–Kier alpha value is -2.31. The molecule has 1 aromatic heterocycles. The molecule has 0 N–H and O–H groups in total. The van der Waals surface area contributed by atoms with Crippen LogP contribution in [0.3, 0.4) is 0 Å². The summed E-state index contributed by atoms with van der Waals surface area (Å²) in [6, 6.07) is 19.7. The smallest absolute Gasteiger partial charge is 0.227 e. The number of carbonyl (C=O) groups is 1. The fraction of sp³-hybridized carbons (Fsp3) is 0.588. The van der Waals surface area contributed by atoms with Gasteiger partial charge in [-0.15, -0.1) is 11.8 Å². The Kier molecular flexibility index (Phi) is 7.54. The molecule has 3 saturated heterocycles. The Bertz CT molecular complexity index is 1350. The van der Waals surface area contributed by atoms with Gasteiger partial charge in [0.1, 0.15) is 5.82 Å². The number of imidazole rings is 1. The summed E-state index contributed by atoms with van der Waals surface area (Å²) in [6.45, 7) is 11.2. The highest BCUT2D eigenvalue weighted by Gasteiger charge is 2.44. The molecule has 2 bridgehead atoms. The Labute approximate surface area is 244 Å². The molecule has 3 aromatic rings. The molecule has 0 aliphatic carbocycles.